The van der Waals surface area contributed by atoms with Crippen molar-refractivity contribution in [1.82, 2.24) is 35.1 Å². The van der Waals surface area contributed by atoms with Crippen molar-refractivity contribution in [2.45, 2.75) is 45.7 Å². The van der Waals surface area contributed by atoms with Gasteiger partial charge in [0.1, 0.15) is 22.8 Å². The van der Waals surface area contributed by atoms with Crippen LogP contribution in [0.3, 0.4) is 0 Å². The second-order valence-corrected chi connectivity index (χ2v) is 17.7. The highest BCUT2D eigenvalue weighted by Gasteiger charge is 2.23. The number of nitrogens with one attached hydrogen (secondary N) is 2. The van der Waals surface area contributed by atoms with Gasteiger partial charge in [-0.3, -0.25) is 34.5 Å². The lowest BCUT2D eigenvalue weighted by Crippen LogP contribution is -2.28. The lowest BCUT2D eigenvalue weighted by atomic mass is 9.90. The van der Waals surface area contributed by atoms with E-state index in [9.17, 15) is 24.9 Å². The zero-order valence-electron chi connectivity index (χ0n) is 38.6. The van der Waals surface area contributed by atoms with Crippen molar-refractivity contribution in [3.05, 3.63) is 220 Å². The van der Waals surface area contributed by atoms with Gasteiger partial charge in [-0.25, -0.2) is 4.79 Å². The molecule has 15 heteroatoms. The fourth-order valence-corrected chi connectivity index (χ4v) is 8.94. The molecule has 9 rings (SSSR count). The van der Waals surface area contributed by atoms with Crippen LogP contribution in [-0.2, 0) is 45.7 Å². The summed E-state index contributed by atoms with van der Waals surface area (Å²) >= 11 is 5.77. The molecule has 1 aliphatic heterocycles. The number of rotatable bonds is 20. The Morgan fingerprint density at radius 2 is 1.17 bits per heavy atom. The highest BCUT2D eigenvalue weighted by Crippen LogP contribution is 2.42. The maximum absolute atomic E-state index is 12.9. The van der Waals surface area contributed by atoms with Gasteiger partial charge in [-0.2, -0.15) is 0 Å². The van der Waals surface area contributed by atoms with Crippen LogP contribution in [0, 0.1) is 0 Å². The van der Waals surface area contributed by atoms with E-state index in [1.165, 1.54) is 30.3 Å². The van der Waals surface area contributed by atoms with Crippen LogP contribution in [0.5, 0.6) is 11.5 Å². The Labute approximate surface area is 415 Å². The van der Waals surface area contributed by atoms with Crippen molar-refractivity contribution in [3.8, 4) is 33.9 Å². The van der Waals surface area contributed by atoms with Gasteiger partial charge in [-0.15, -0.1) is 0 Å². The summed E-state index contributed by atoms with van der Waals surface area (Å²) in [6, 6.07) is 41.5. The van der Waals surface area contributed by atoms with Gasteiger partial charge in [-0.1, -0.05) is 54.7 Å². The highest BCUT2D eigenvalue weighted by atomic mass is 32.1. The fraction of sp³-hybridized carbons (Fsp3) is 0.161. The second kappa shape index (κ2) is 22.5. The zero-order valence-corrected chi connectivity index (χ0v) is 39.4. The van der Waals surface area contributed by atoms with Gasteiger partial charge in [0.2, 0.25) is 0 Å². The zero-order chi connectivity index (χ0) is 49.1. The lowest BCUT2D eigenvalue weighted by Gasteiger charge is -2.26. The summed E-state index contributed by atoms with van der Waals surface area (Å²) in [6.07, 6.45) is 7.74. The molecule has 71 heavy (non-hydrogen) atoms. The first-order valence-corrected chi connectivity index (χ1v) is 23.5. The number of fused-ring (bicyclic) bond motifs is 2. The molecule has 356 valence electrons. The fourth-order valence-electron chi connectivity index (χ4n) is 8.72. The third-order valence-electron chi connectivity index (χ3n) is 11.9. The SMILES string of the molecule is O=C(O)c1cc(NC(=S)CNCCc2cc(CN(Cc3ccccn3)Cc3ccccn3)c(O)c(CN(Cc3ccccn3)Cc3ccccn3)c2)ccc1-c1c2ccc(=O)cc-2oc2cc(O)ccc12. The predicted octanol–water partition coefficient (Wildman–Crippen LogP) is 9.23. The number of carboxylic acids is 1. The Morgan fingerprint density at radius 3 is 1.69 bits per heavy atom. The normalized spacial score (nSPS) is 11.4. The largest absolute Gasteiger partial charge is 0.508 e. The number of anilines is 1. The van der Waals surface area contributed by atoms with Crippen molar-refractivity contribution in [3.63, 3.8) is 0 Å². The molecular weight excluding hydrogens is 913 g/mol. The van der Waals surface area contributed by atoms with Gasteiger partial charge in [0.15, 0.2) is 5.43 Å². The smallest absolute Gasteiger partial charge is 0.336 e. The highest BCUT2D eigenvalue weighted by molar-refractivity contribution is 7.80. The van der Waals surface area contributed by atoms with E-state index in [1.54, 1.807) is 49.1 Å². The van der Waals surface area contributed by atoms with E-state index >= 15 is 0 Å². The van der Waals surface area contributed by atoms with Crippen molar-refractivity contribution in [1.29, 1.82) is 0 Å². The molecule has 14 nitrogen and oxygen atoms in total. The molecule has 1 aliphatic carbocycles. The molecule has 5 N–H and O–H groups in total. The summed E-state index contributed by atoms with van der Waals surface area (Å²) in [7, 11) is 0. The molecule has 0 saturated carbocycles. The monoisotopic (exact) mass is 962 g/mol. The minimum Gasteiger partial charge on any atom is -0.508 e. The first-order valence-electron chi connectivity index (χ1n) is 23.1. The minimum absolute atomic E-state index is 0.00929. The predicted molar refractivity (Wildman–Crippen MR) is 277 cm³/mol. The van der Waals surface area contributed by atoms with E-state index < -0.39 is 5.97 Å². The van der Waals surface area contributed by atoms with Crippen molar-refractivity contribution in [2.24, 2.45) is 0 Å². The Morgan fingerprint density at radius 1 is 0.620 bits per heavy atom. The molecule has 7 aromatic rings. The molecule has 0 amide bonds. The Balaban J connectivity index is 0.944. The first-order chi connectivity index (χ1) is 34.6. The molecule has 0 radical (unpaired) electrons. The topological polar surface area (TPSA) is 190 Å². The number of phenols is 2. The van der Waals surface area contributed by atoms with Crippen LogP contribution in [0.4, 0.5) is 5.69 Å². The number of aromatic hydroxyl groups is 2. The summed E-state index contributed by atoms with van der Waals surface area (Å²) in [5, 5.41) is 40.1. The van der Waals surface area contributed by atoms with E-state index in [2.05, 4.69) is 52.5 Å². The average Bonchev–Trinajstić information content (AvgIpc) is 3.37. The number of phenolic OH excluding ortho intramolecular Hbond substituents is 2. The number of benzene rings is 4. The summed E-state index contributed by atoms with van der Waals surface area (Å²) in [4.78, 5) is 48.5. The van der Waals surface area contributed by atoms with Crippen LogP contribution < -0.4 is 16.1 Å². The van der Waals surface area contributed by atoms with Gasteiger partial charge < -0.3 is 30.4 Å². The number of nitrogens with zero attached hydrogens (tertiary/aromatic N) is 6. The van der Waals surface area contributed by atoms with Crippen molar-refractivity contribution >= 4 is 39.8 Å². The number of aromatic nitrogens is 4. The molecule has 0 spiro atoms. The molecule has 0 saturated heterocycles. The number of pyridine rings is 4. The Kier molecular flexibility index (Phi) is 15.1. The maximum Gasteiger partial charge on any atom is 0.336 e. The van der Waals surface area contributed by atoms with Gasteiger partial charge >= 0.3 is 5.97 Å². The van der Waals surface area contributed by atoms with E-state index in [0.29, 0.717) is 97.1 Å². The summed E-state index contributed by atoms with van der Waals surface area (Å²) in [6.45, 7) is 3.85. The van der Waals surface area contributed by atoms with Gasteiger partial charge in [0.05, 0.1) is 33.3 Å². The third kappa shape index (κ3) is 12.3. The number of hydrogen-bond donors (Lipinski definition) is 5. The van der Waals surface area contributed by atoms with E-state index in [0.717, 1.165) is 39.5 Å². The van der Waals surface area contributed by atoms with Crippen LogP contribution in [0.2, 0.25) is 0 Å². The molecule has 0 atom stereocenters. The molecule has 5 heterocycles. The Bertz CT molecular complexity index is 3120. The van der Waals surface area contributed by atoms with E-state index in [4.69, 9.17) is 16.6 Å². The Hall–Kier alpha value is -8.21. The third-order valence-corrected chi connectivity index (χ3v) is 12.2. The number of carboxylic acid groups (broad SMARTS) is 1. The van der Waals surface area contributed by atoms with Crippen LogP contribution in [0.1, 0.15) is 49.8 Å². The number of carbonyl (C=O) groups is 1. The molecule has 0 bridgehead atoms. The number of hydrogen-bond acceptors (Lipinski definition) is 13. The lowest BCUT2D eigenvalue weighted by molar-refractivity contribution is 0.0697. The average molecular weight is 963 g/mol. The van der Waals surface area contributed by atoms with Crippen LogP contribution in [0.25, 0.3) is 33.4 Å². The van der Waals surface area contributed by atoms with E-state index in [1.807, 2.05) is 72.8 Å². The number of aromatic carboxylic acids is 1. The minimum atomic E-state index is -1.16. The van der Waals surface area contributed by atoms with Crippen LogP contribution in [0.15, 0.2) is 174 Å². The van der Waals surface area contributed by atoms with E-state index in [-0.39, 0.29) is 28.3 Å². The molecule has 3 aromatic carbocycles. The van der Waals surface area contributed by atoms with Gasteiger partial charge in [0.25, 0.3) is 0 Å². The quantitative estimate of drug-likeness (QED) is 0.0276. The summed E-state index contributed by atoms with van der Waals surface area (Å²) < 4.78 is 5.98. The molecule has 0 unspecified atom stereocenters. The van der Waals surface area contributed by atoms with Crippen LogP contribution >= 0.6 is 12.2 Å². The molecule has 2 aliphatic rings. The maximum atomic E-state index is 12.9. The second-order valence-electron chi connectivity index (χ2n) is 17.2. The van der Waals surface area contributed by atoms with Crippen molar-refractivity contribution < 1.29 is 24.5 Å². The standard InChI is InChI=1S/C56H50N8O6S/c65-45-14-17-48-51(28-45)70-52-29-46(66)15-18-49(52)54(48)47-16-13-40(27-50(47)56(68)69)62-53(71)30-57-24-19-37-25-38(31-63(33-41-9-1-5-20-58-41)34-42-10-2-6-21-59-42)55(67)39(26-37)32-64(35-43-11-3-7-22-60-43)36-44-12-4-8-23-61-44/h1-18,20-23,25-29,57,65,67H,19,24,30-36H2,(H,62,71)(H,68,69). The first kappa shape index (κ1) is 47.8. The van der Waals surface area contributed by atoms with Crippen LogP contribution in [-0.4, -0.2) is 69.1 Å². The van der Waals surface area contributed by atoms with Crippen molar-refractivity contribution in [2.75, 3.05) is 18.4 Å². The van der Waals surface area contributed by atoms with Gasteiger partial charge in [0, 0.05) is 116 Å². The van der Waals surface area contributed by atoms with Gasteiger partial charge in [-0.05, 0) is 109 Å². The molecular formula is C56H50N8O6S. The summed E-state index contributed by atoms with van der Waals surface area (Å²) in [5.74, 6) is -0.704. The number of thiocarbonyl (C=S) groups is 1. The molecule has 0 fully saturated rings. The summed E-state index contributed by atoms with van der Waals surface area (Å²) in [5.41, 5.74) is 8.20. The molecule has 4 aromatic heterocycles.